The summed E-state index contributed by atoms with van der Waals surface area (Å²) in [6.07, 6.45) is 9.71. The van der Waals surface area contributed by atoms with Gasteiger partial charge in [-0.15, -0.1) is 0 Å². The van der Waals surface area contributed by atoms with Crippen molar-refractivity contribution in [3.63, 3.8) is 0 Å². The zero-order valence-corrected chi connectivity index (χ0v) is 16.4. The third-order valence-corrected chi connectivity index (χ3v) is 4.80. The van der Waals surface area contributed by atoms with E-state index < -0.39 is 11.7 Å². The second-order valence-electron chi connectivity index (χ2n) is 6.97. The maximum atomic E-state index is 14.6. The number of allylic oxidation sites excluding steroid dienone is 1. The molecule has 0 saturated heterocycles. The molecule has 9 nitrogen and oxygen atoms in total. The van der Waals surface area contributed by atoms with Gasteiger partial charge >= 0.3 is 0 Å². The minimum absolute atomic E-state index is 0.0209. The first-order chi connectivity index (χ1) is 14.5. The summed E-state index contributed by atoms with van der Waals surface area (Å²) in [6, 6.07) is 4.26. The molecule has 0 unspecified atom stereocenters. The van der Waals surface area contributed by atoms with Crippen LogP contribution < -0.4 is 27.8 Å². The summed E-state index contributed by atoms with van der Waals surface area (Å²) in [5.74, 6) is -0.850. The van der Waals surface area contributed by atoms with Crippen LogP contribution in [-0.2, 0) is 0 Å². The van der Waals surface area contributed by atoms with E-state index >= 15 is 0 Å². The van der Waals surface area contributed by atoms with Gasteiger partial charge in [0.2, 0.25) is 0 Å². The SMILES string of the molecule is NC=CC=Nc1ccc(Nc2nc(N[C@@H]3CCCC[C@@H]3N)c(F)cc2C(N)=O)cn1. The van der Waals surface area contributed by atoms with Crippen LogP contribution in [-0.4, -0.2) is 34.2 Å². The molecule has 0 radical (unpaired) electrons. The van der Waals surface area contributed by atoms with Gasteiger partial charge in [-0.1, -0.05) is 12.8 Å². The molecule has 0 spiro atoms. The predicted molar refractivity (Wildman–Crippen MR) is 116 cm³/mol. The number of halogens is 1. The van der Waals surface area contributed by atoms with Crippen molar-refractivity contribution in [2.75, 3.05) is 10.6 Å². The van der Waals surface area contributed by atoms with Crippen molar-refractivity contribution in [3.05, 3.63) is 48.1 Å². The third-order valence-electron chi connectivity index (χ3n) is 4.80. The minimum Gasteiger partial charge on any atom is -0.405 e. The number of rotatable bonds is 7. The van der Waals surface area contributed by atoms with Gasteiger partial charge in [-0.2, -0.15) is 0 Å². The predicted octanol–water partition coefficient (Wildman–Crippen LogP) is 2.31. The van der Waals surface area contributed by atoms with E-state index in [1.807, 2.05) is 0 Å². The van der Waals surface area contributed by atoms with Gasteiger partial charge in [0.05, 0.1) is 17.4 Å². The highest BCUT2D eigenvalue weighted by atomic mass is 19.1. The molecule has 8 N–H and O–H groups in total. The van der Waals surface area contributed by atoms with Crippen LogP contribution in [0.15, 0.2) is 41.7 Å². The highest BCUT2D eigenvalue weighted by molar-refractivity contribution is 5.98. The van der Waals surface area contributed by atoms with Crippen molar-refractivity contribution in [2.45, 2.75) is 37.8 Å². The Morgan fingerprint density at radius 1 is 1.27 bits per heavy atom. The van der Waals surface area contributed by atoms with Crippen LogP contribution >= 0.6 is 0 Å². The van der Waals surface area contributed by atoms with E-state index in [1.54, 1.807) is 18.2 Å². The Kier molecular flexibility index (Phi) is 6.91. The number of nitrogens with zero attached hydrogens (tertiary/aromatic N) is 3. The Hall–Kier alpha value is -3.53. The highest BCUT2D eigenvalue weighted by Gasteiger charge is 2.24. The molecule has 1 amide bonds. The number of anilines is 3. The molecule has 2 aromatic rings. The molecule has 0 bridgehead atoms. The molecule has 3 rings (SSSR count). The fourth-order valence-electron chi connectivity index (χ4n) is 3.23. The van der Waals surface area contributed by atoms with Crippen molar-refractivity contribution < 1.29 is 9.18 Å². The second kappa shape index (κ2) is 9.79. The maximum Gasteiger partial charge on any atom is 0.252 e. The van der Waals surface area contributed by atoms with E-state index in [-0.39, 0.29) is 29.3 Å². The monoisotopic (exact) mass is 412 g/mol. The highest BCUT2D eigenvalue weighted by Crippen LogP contribution is 2.27. The van der Waals surface area contributed by atoms with Crippen LogP contribution in [0.3, 0.4) is 0 Å². The first kappa shape index (κ1) is 21.2. The van der Waals surface area contributed by atoms with E-state index in [0.29, 0.717) is 11.5 Å². The smallest absolute Gasteiger partial charge is 0.252 e. The number of aliphatic imine (C=N–C) groups is 1. The molecule has 2 aromatic heterocycles. The maximum absolute atomic E-state index is 14.6. The number of aromatic nitrogens is 2. The Morgan fingerprint density at radius 2 is 2.07 bits per heavy atom. The summed E-state index contributed by atoms with van der Waals surface area (Å²) < 4.78 is 14.6. The van der Waals surface area contributed by atoms with Crippen molar-refractivity contribution in [1.29, 1.82) is 0 Å². The lowest BCUT2D eigenvalue weighted by Gasteiger charge is -2.30. The number of carbonyl (C=O) groups is 1. The van der Waals surface area contributed by atoms with E-state index in [9.17, 15) is 9.18 Å². The third kappa shape index (κ3) is 5.29. The molecule has 30 heavy (non-hydrogen) atoms. The number of carbonyl (C=O) groups excluding carboxylic acids is 1. The van der Waals surface area contributed by atoms with Gasteiger partial charge in [-0.25, -0.2) is 19.4 Å². The number of nitrogens with one attached hydrogen (secondary N) is 2. The Labute approximate surface area is 173 Å². The molecular formula is C20H25FN8O. The molecule has 158 valence electrons. The van der Waals surface area contributed by atoms with Gasteiger partial charge < -0.3 is 27.8 Å². The Balaban J connectivity index is 1.84. The zero-order valence-electron chi connectivity index (χ0n) is 16.4. The van der Waals surface area contributed by atoms with Gasteiger partial charge in [0.15, 0.2) is 17.5 Å². The van der Waals surface area contributed by atoms with Crippen molar-refractivity contribution in [2.24, 2.45) is 22.2 Å². The number of hydrogen-bond acceptors (Lipinski definition) is 8. The van der Waals surface area contributed by atoms with Crippen molar-refractivity contribution >= 4 is 35.3 Å². The molecule has 2 heterocycles. The van der Waals surface area contributed by atoms with Crippen LogP contribution in [0, 0.1) is 5.82 Å². The molecule has 1 aliphatic carbocycles. The van der Waals surface area contributed by atoms with Crippen LogP contribution in [0.2, 0.25) is 0 Å². The standard InChI is InChI=1S/C20H25FN8O/c21-14-10-13(18(24)30)19(29-20(14)28-16-5-2-1-4-15(16)23)27-12-6-7-17(26-11-12)25-9-3-8-22/h3,6-11,15-16H,1-2,4-5,22-23H2,(H2,24,30)(H2,27,28,29)/t15-,16+/m0/s1. The van der Waals surface area contributed by atoms with E-state index in [0.717, 1.165) is 31.7 Å². The first-order valence-corrected chi connectivity index (χ1v) is 9.64. The van der Waals surface area contributed by atoms with Gasteiger partial charge in [0, 0.05) is 18.3 Å². The summed E-state index contributed by atoms with van der Waals surface area (Å²) in [4.78, 5) is 24.3. The molecule has 0 aromatic carbocycles. The largest absolute Gasteiger partial charge is 0.405 e. The van der Waals surface area contributed by atoms with E-state index in [4.69, 9.17) is 17.2 Å². The second-order valence-corrected chi connectivity index (χ2v) is 6.97. The van der Waals surface area contributed by atoms with Gasteiger partial charge in [0.1, 0.15) is 5.82 Å². The molecule has 0 aliphatic heterocycles. The molecule has 2 atom stereocenters. The van der Waals surface area contributed by atoms with Crippen LogP contribution in [0.4, 0.5) is 27.5 Å². The topological polar surface area (TPSA) is 157 Å². The van der Waals surface area contributed by atoms with E-state index in [2.05, 4.69) is 25.6 Å². The summed E-state index contributed by atoms with van der Waals surface area (Å²) in [5.41, 5.74) is 17.3. The molecular weight excluding hydrogens is 387 g/mol. The van der Waals surface area contributed by atoms with Crippen molar-refractivity contribution in [3.8, 4) is 0 Å². The van der Waals surface area contributed by atoms with Gasteiger partial charge in [-0.05, 0) is 43.3 Å². The average Bonchev–Trinajstić information content (AvgIpc) is 2.73. The molecule has 1 aliphatic rings. The number of nitrogens with two attached hydrogens (primary N) is 3. The summed E-state index contributed by atoms with van der Waals surface area (Å²) in [6.45, 7) is 0. The Morgan fingerprint density at radius 3 is 2.73 bits per heavy atom. The Bertz CT molecular complexity index is 945. The summed E-state index contributed by atoms with van der Waals surface area (Å²) in [5, 5.41) is 6.04. The number of amides is 1. The fourth-order valence-corrected chi connectivity index (χ4v) is 3.23. The lowest BCUT2D eigenvalue weighted by molar-refractivity contribution is 0.100. The number of pyridine rings is 2. The molecule has 10 heteroatoms. The number of hydrogen-bond donors (Lipinski definition) is 5. The van der Waals surface area contributed by atoms with E-state index in [1.165, 1.54) is 18.6 Å². The van der Waals surface area contributed by atoms with Crippen LogP contribution in [0.5, 0.6) is 0 Å². The normalized spacial score (nSPS) is 19.3. The number of primary amides is 1. The quantitative estimate of drug-likeness (QED) is 0.437. The fraction of sp³-hybridized carbons (Fsp3) is 0.300. The van der Waals surface area contributed by atoms with Gasteiger partial charge in [-0.3, -0.25) is 4.79 Å². The average molecular weight is 412 g/mol. The molecule has 1 saturated carbocycles. The van der Waals surface area contributed by atoms with Crippen LogP contribution in [0.25, 0.3) is 0 Å². The summed E-state index contributed by atoms with van der Waals surface area (Å²) >= 11 is 0. The molecule has 1 fully saturated rings. The lowest BCUT2D eigenvalue weighted by Crippen LogP contribution is -2.43. The van der Waals surface area contributed by atoms with Gasteiger partial charge in [0.25, 0.3) is 5.91 Å². The van der Waals surface area contributed by atoms with Crippen molar-refractivity contribution in [1.82, 2.24) is 9.97 Å². The van der Waals surface area contributed by atoms with Crippen LogP contribution in [0.1, 0.15) is 36.0 Å². The summed E-state index contributed by atoms with van der Waals surface area (Å²) in [7, 11) is 0. The zero-order chi connectivity index (χ0) is 21.5. The minimum atomic E-state index is -0.799. The first-order valence-electron chi connectivity index (χ1n) is 9.64. The lowest BCUT2D eigenvalue weighted by atomic mass is 9.91.